The monoisotopic (exact) mass is 235 g/mol. The Morgan fingerprint density at radius 3 is 2.47 bits per heavy atom. The minimum Gasteiger partial charge on any atom is -0.352 e. The molecule has 0 atom stereocenters. The van der Waals surface area contributed by atoms with Crippen molar-refractivity contribution in [2.45, 2.75) is 58.2 Å². The molecule has 0 radical (unpaired) electrons. The van der Waals surface area contributed by atoms with E-state index in [1.165, 1.54) is 42.6 Å². The highest BCUT2D eigenvalue weighted by atomic mass is 15.0. The van der Waals surface area contributed by atoms with Crippen molar-refractivity contribution in [3.63, 3.8) is 0 Å². The highest BCUT2D eigenvalue weighted by Gasteiger charge is 2.18. The molecule has 1 aromatic rings. The fourth-order valence-corrected chi connectivity index (χ4v) is 2.69. The highest BCUT2D eigenvalue weighted by Crippen LogP contribution is 2.18. The van der Waals surface area contributed by atoms with Gasteiger partial charge in [0, 0.05) is 37.1 Å². The van der Waals surface area contributed by atoms with Crippen LogP contribution < -0.4 is 11.1 Å². The molecular formula is C14H25N3. The van der Waals surface area contributed by atoms with Crippen LogP contribution in [0.3, 0.4) is 0 Å². The summed E-state index contributed by atoms with van der Waals surface area (Å²) in [6.45, 7) is 5.35. The Morgan fingerprint density at radius 1 is 1.29 bits per heavy atom. The Hall–Kier alpha value is -0.800. The molecule has 0 bridgehead atoms. The van der Waals surface area contributed by atoms with E-state index in [1.807, 2.05) is 0 Å². The maximum Gasteiger partial charge on any atom is 0.0225 e. The molecule has 96 valence electrons. The quantitative estimate of drug-likeness (QED) is 0.841. The van der Waals surface area contributed by atoms with Crippen molar-refractivity contribution >= 4 is 0 Å². The van der Waals surface area contributed by atoms with E-state index in [0.717, 1.165) is 6.54 Å². The molecule has 17 heavy (non-hydrogen) atoms. The number of nitrogens with one attached hydrogen (secondary N) is 1. The van der Waals surface area contributed by atoms with Crippen LogP contribution in [-0.4, -0.2) is 16.7 Å². The zero-order valence-electron chi connectivity index (χ0n) is 11.3. The van der Waals surface area contributed by atoms with Crippen LogP contribution >= 0.6 is 0 Å². The summed E-state index contributed by atoms with van der Waals surface area (Å²) >= 11 is 0. The Morgan fingerprint density at radius 2 is 1.94 bits per heavy atom. The van der Waals surface area contributed by atoms with E-state index in [-0.39, 0.29) is 0 Å². The number of aromatic nitrogens is 1. The summed E-state index contributed by atoms with van der Waals surface area (Å²) in [7, 11) is 2.13. The van der Waals surface area contributed by atoms with Gasteiger partial charge in [-0.05, 0) is 51.2 Å². The summed E-state index contributed by atoms with van der Waals surface area (Å²) in [5, 5.41) is 3.67. The lowest BCUT2D eigenvalue weighted by Crippen LogP contribution is -2.37. The number of nitrogens with two attached hydrogens (primary N) is 1. The van der Waals surface area contributed by atoms with Crippen LogP contribution in [0.15, 0.2) is 6.07 Å². The van der Waals surface area contributed by atoms with Gasteiger partial charge in [0.25, 0.3) is 0 Å². The second kappa shape index (κ2) is 5.23. The van der Waals surface area contributed by atoms with Crippen LogP contribution in [0.1, 0.15) is 42.6 Å². The van der Waals surface area contributed by atoms with Gasteiger partial charge in [-0.2, -0.15) is 0 Å². The van der Waals surface area contributed by atoms with Crippen molar-refractivity contribution in [2.24, 2.45) is 12.8 Å². The van der Waals surface area contributed by atoms with Gasteiger partial charge in [-0.15, -0.1) is 0 Å². The van der Waals surface area contributed by atoms with Gasteiger partial charge in [-0.3, -0.25) is 0 Å². The van der Waals surface area contributed by atoms with Gasteiger partial charge >= 0.3 is 0 Å². The largest absolute Gasteiger partial charge is 0.352 e. The first-order valence-corrected chi connectivity index (χ1v) is 6.68. The second-order valence-electron chi connectivity index (χ2n) is 5.45. The van der Waals surface area contributed by atoms with Crippen LogP contribution in [0.2, 0.25) is 0 Å². The fourth-order valence-electron chi connectivity index (χ4n) is 2.69. The molecule has 1 aliphatic carbocycles. The average molecular weight is 235 g/mol. The normalized spacial score (nSPS) is 25.2. The molecule has 1 fully saturated rings. The molecule has 0 unspecified atom stereocenters. The lowest BCUT2D eigenvalue weighted by atomic mass is 9.92. The standard InChI is InChI=1S/C14H25N3/c1-10-8-12(11(2)17(10)3)9-16-14-6-4-13(15)5-7-14/h8,13-14,16H,4-7,9,15H2,1-3H3. The van der Waals surface area contributed by atoms with Crippen molar-refractivity contribution in [2.75, 3.05) is 0 Å². The van der Waals surface area contributed by atoms with E-state index in [1.54, 1.807) is 0 Å². The van der Waals surface area contributed by atoms with E-state index < -0.39 is 0 Å². The molecule has 2 rings (SSSR count). The summed E-state index contributed by atoms with van der Waals surface area (Å²) in [4.78, 5) is 0. The minimum absolute atomic E-state index is 0.439. The topological polar surface area (TPSA) is 43.0 Å². The Kier molecular flexibility index (Phi) is 3.89. The molecule has 3 N–H and O–H groups in total. The lowest BCUT2D eigenvalue weighted by molar-refractivity contribution is 0.341. The molecule has 0 aromatic carbocycles. The lowest BCUT2D eigenvalue weighted by Gasteiger charge is -2.26. The first-order chi connectivity index (χ1) is 8.08. The van der Waals surface area contributed by atoms with E-state index in [4.69, 9.17) is 5.73 Å². The maximum absolute atomic E-state index is 5.92. The van der Waals surface area contributed by atoms with E-state index in [2.05, 4.69) is 36.8 Å². The molecule has 3 heteroatoms. The van der Waals surface area contributed by atoms with Crippen molar-refractivity contribution in [3.8, 4) is 0 Å². The third-order valence-electron chi connectivity index (χ3n) is 4.23. The third kappa shape index (κ3) is 2.90. The van der Waals surface area contributed by atoms with Gasteiger partial charge in [0.15, 0.2) is 0 Å². The van der Waals surface area contributed by atoms with Crippen LogP contribution in [-0.2, 0) is 13.6 Å². The summed E-state index contributed by atoms with van der Waals surface area (Å²) < 4.78 is 2.26. The first kappa shape index (κ1) is 12.7. The summed E-state index contributed by atoms with van der Waals surface area (Å²) in [6.07, 6.45) is 4.80. The molecule has 0 aliphatic heterocycles. The molecule has 0 saturated heterocycles. The summed E-state index contributed by atoms with van der Waals surface area (Å²) in [5.41, 5.74) is 10.1. The smallest absolute Gasteiger partial charge is 0.0225 e. The van der Waals surface area contributed by atoms with E-state index >= 15 is 0 Å². The molecule has 1 aliphatic rings. The van der Waals surface area contributed by atoms with Gasteiger partial charge in [-0.25, -0.2) is 0 Å². The second-order valence-corrected chi connectivity index (χ2v) is 5.45. The molecule has 1 saturated carbocycles. The van der Waals surface area contributed by atoms with Gasteiger partial charge in [0.1, 0.15) is 0 Å². The van der Waals surface area contributed by atoms with Crippen molar-refractivity contribution < 1.29 is 0 Å². The molecule has 3 nitrogen and oxygen atoms in total. The van der Waals surface area contributed by atoms with Crippen LogP contribution in [0.25, 0.3) is 0 Å². The highest BCUT2D eigenvalue weighted by molar-refractivity contribution is 5.26. The predicted octanol–water partition coefficient (Wildman–Crippen LogP) is 2.00. The Labute approximate surface area is 104 Å². The summed E-state index contributed by atoms with van der Waals surface area (Å²) in [6, 6.07) is 3.39. The fraction of sp³-hybridized carbons (Fsp3) is 0.714. The maximum atomic E-state index is 5.92. The van der Waals surface area contributed by atoms with Crippen LogP contribution in [0.5, 0.6) is 0 Å². The number of hydrogen-bond donors (Lipinski definition) is 2. The molecule has 1 aromatic heterocycles. The van der Waals surface area contributed by atoms with E-state index in [9.17, 15) is 0 Å². The molecule has 0 spiro atoms. The van der Waals surface area contributed by atoms with Crippen LogP contribution in [0.4, 0.5) is 0 Å². The first-order valence-electron chi connectivity index (χ1n) is 6.68. The number of hydrogen-bond acceptors (Lipinski definition) is 2. The number of aryl methyl sites for hydroxylation is 1. The predicted molar refractivity (Wildman–Crippen MR) is 72.0 cm³/mol. The minimum atomic E-state index is 0.439. The zero-order valence-corrected chi connectivity index (χ0v) is 11.3. The third-order valence-corrected chi connectivity index (χ3v) is 4.23. The van der Waals surface area contributed by atoms with Gasteiger partial charge in [-0.1, -0.05) is 0 Å². The zero-order chi connectivity index (χ0) is 12.4. The van der Waals surface area contributed by atoms with Crippen molar-refractivity contribution in [1.29, 1.82) is 0 Å². The molecule has 0 amide bonds. The Balaban J connectivity index is 1.87. The summed E-state index contributed by atoms with van der Waals surface area (Å²) in [5.74, 6) is 0. The van der Waals surface area contributed by atoms with Gasteiger partial charge in [0.2, 0.25) is 0 Å². The number of rotatable bonds is 3. The average Bonchev–Trinajstić information content (AvgIpc) is 2.56. The Bertz CT molecular complexity index is 373. The molecular weight excluding hydrogens is 210 g/mol. The van der Waals surface area contributed by atoms with Crippen molar-refractivity contribution in [3.05, 3.63) is 23.0 Å². The van der Waals surface area contributed by atoms with Gasteiger partial charge in [0.05, 0.1) is 0 Å². The SMILES string of the molecule is Cc1cc(CNC2CCC(N)CC2)c(C)n1C. The van der Waals surface area contributed by atoms with Crippen molar-refractivity contribution in [1.82, 2.24) is 9.88 Å². The number of nitrogens with zero attached hydrogens (tertiary/aromatic N) is 1. The van der Waals surface area contributed by atoms with Gasteiger partial charge < -0.3 is 15.6 Å². The molecule has 1 heterocycles. The van der Waals surface area contributed by atoms with E-state index in [0.29, 0.717) is 12.1 Å². The van der Waals surface area contributed by atoms with Crippen LogP contribution in [0, 0.1) is 13.8 Å².